The summed E-state index contributed by atoms with van der Waals surface area (Å²) >= 11 is 0. The number of carboxylic acids is 1. The lowest BCUT2D eigenvalue weighted by Gasteiger charge is -2.28. The molecule has 0 saturated heterocycles. The van der Waals surface area contributed by atoms with Gasteiger partial charge in [0.05, 0.1) is 19.3 Å². The summed E-state index contributed by atoms with van der Waals surface area (Å²) in [5.41, 5.74) is 27.2. The van der Waals surface area contributed by atoms with E-state index < -0.39 is 115 Å². The topological polar surface area (TPSA) is 432 Å². The molecule has 0 unspecified atom stereocenters. The Kier molecular flexibility index (Phi) is 24.9. The van der Waals surface area contributed by atoms with Crippen LogP contribution in [0.2, 0.25) is 0 Å². The van der Waals surface area contributed by atoms with E-state index in [4.69, 9.17) is 28.7 Å². The van der Waals surface area contributed by atoms with Crippen molar-refractivity contribution in [2.24, 2.45) is 39.6 Å². The van der Waals surface area contributed by atoms with Crippen LogP contribution in [0.5, 0.6) is 0 Å². The number of carbonyl (C=O) groups is 8. The highest BCUT2D eigenvalue weighted by atomic mass is 16.4. The largest absolute Gasteiger partial charge is 0.480 e. The van der Waals surface area contributed by atoms with Crippen LogP contribution < -0.4 is 60.6 Å². The maximum absolute atomic E-state index is 13.8. The first kappa shape index (κ1) is 51.8. The highest BCUT2D eigenvalue weighted by Crippen LogP contribution is 2.10. The number of nitrogens with two attached hydrogens (primary N) is 5. The van der Waals surface area contributed by atoms with Gasteiger partial charge in [-0.05, 0) is 64.3 Å². The number of unbranched alkanes of at least 4 members (excludes halogenated alkanes) is 1. The van der Waals surface area contributed by atoms with Crippen LogP contribution in [-0.4, -0.2) is 148 Å². The van der Waals surface area contributed by atoms with Crippen LogP contribution in [0.1, 0.15) is 72.1 Å². The third-order valence-corrected chi connectivity index (χ3v) is 8.25. The fourth-order valence-electron chi connectivity index (χ4n) is 5.02. The second-order valence-electron chi connectivity index (χ2n) is 13.7. The molecule has 0 heterocycles. The lowest BCUT2D eigenvalue weighted by atomic mass is 10.0. The van der Waals surface area contributed by atoms with Crippen LogP contribution in [0.25, 0.3) is 0 Å². The fraction of sp³-hybridized carbons (Fsp3) is 0.727. The van der Waals surface area contributed by atoms with Crippen LogP contribution in [-0.2, 0) is 38.4 Å². The number of aliphatic carboxylic acids is 1. The second kappa shape index (κ2) is 27.4. The van der Waals surface area contributed by atoms with Gasteiger partial charge in [-0.25, -0.2) is 4.79 Å². The summed E-state index contributed by atoms with van der Waals surface area (Å²) in [6, 6.07) is -10.3. The van der Waals surface area contributed by atoms with Crippen molar-refractivity contribution in [3.05, 3.63) is 0 Å². The van der Waals surface area contributed by atoms with E-state index in [1.165, 1.54) is 6.92 Å². The molecule has 0 saturated carbocycles. The number of hydrogen-bond acceptors (Lipinski definition) is 14. The number of aliphatic imine (C=N–C) groups is 1. The predicted molar refractivity (Wildman–Crippen MR) is 204 cm³/mol. The molecular formula is C33H62N12O12. The zero-order valence-corrected chi connectivity index (χ0v) is 32.6. The first-order valence-electron chi connectivity index (χ1n) is 18.4. The Balaban J connectivity index is 6.40. The summed E-state index contributed by atoms with van der Waals surface area (Å²) in [5.74, 6) is -8.54. The minimum Gasteiger partial charge on any atom is -0.480 e. The van der Waals surface area contributed by atoms with Crippen molar-refractivity contribution in [1.29, 1.82) is 0 Å². The molecule has 20 N–H and O–H groups in total. The van der Waals surface area contributed by atoms with Crippen molar-refractivity contribution >= 4 is 53.3 Å². The normalized spacial score (nSPS) is 15.2. The number of aliphatic hydroxyl groups is 3. The molecule has 0 radical (unpaired) electrons. The molecule has 0 spiro atoms. The molecule has 7 amide bonds. The molecule has 0 aliphatic heterocycles. The van der Waals surface area contributed by atoms with E-state index >= 15 is 0 Å². The fourth-order valence-corrected chi connectivity index (χ4v) is 5.02. The lowest BCUT2D eigenvalue weighted by Crippen LogP contribution is -2.60. The Hall–Kier alpha value is -5.17. The Morgan fingerprint density at radius 2 is 1.02 bits per heavy atom. The first-order valence-corrected chi connectivity index (χ1v) is 18.4. The number of primary amides is 1. The first-order chi connectivity index (χ1) is 26.7. The van der Waals surface area contributed by atoms with Gasteiger partial charge in [0, 0.05) is 13.0 Å². The Morgan fingerprint density at radius 1 is 0.596 bits per heavy atom. The number of nitrogens with zero attached hydrogens (tertiary/aromatic N) is 1. The minimum atomic E-state index is -1.72. The third kappa shape index (κ3) is 21.1. The number of hydrogen-bond donors (Lipinski definition) is 15. The van der Waals surface area contributed by atoms with Gasteiger partial charge in [0.15, 0.2) is 5.96 Å². The molecular weight excluding hydrogens is 756 g/mol. The van der Waals surface area contributed by atoms with Crippen molar-refractivity contribution in [3.8, 4) is 0 Å². The molecule has 0 rings (SSSR count). The summed E-state index contributed by atoms with van der Waals surface area (Å²) in [6.45, 7) is 3.13. The van der Waals surface area contributed by atoms with E-state index in [1.807, 2.05) is 0 Å². The summed E-state index contributed by atoms with van der Waals surface area (Å²) in [5, 5.41) is 52.3. The van der Waals surface area contributed by atoms with Gasteiger partial charge in [-0.2, -0.15) is 0 Å². The standard InChI is InChI=1S/C33H62N12O12/c1-16(2)13-21(43-26(50)18(7-4-5-11-34)41-30(54)22(14-46)44-31(55)25(36)17(3)48)29(53)42-20(9-10-24(35)49)28(52)40-19(8-6-12-39-33(37)38)27(51)45-23(15-47)32(56)57/h16-23,25,46-48H,4-15,34,36H2,1-3H3,(H2,35,49)(H,40,52)(H,41,54)(H,42,53)(H,43,50)(H,44,55)(H,45,51)(H,56,57)(H4,37,38,39)/t17-,18+,19+,20+,21+,22+,23+,25+/m1/s1. The van der Waals surface area contributed by atoms with E-state index in [2.05, 4.69) is 36.9 Å². The quantitative estimate of drug-likeness (QED) is 0.0189. The summed E-state index contributed by atoms with van der Waals surface area (Å²) in [7, 11) is 0. The molecule has 8 atom stereocenters. The number of guanidine groups is 1. The van der Waals surface area contributed by atoms with Crippen LogP contribution in [0, 0.1) is 5.92 Å². The zero-order valence-electron chi connectivity index (χ0n) is 32.6. The van der Waals surface area contributed by atoms with Gasteiger partial charge in [0.1, 0.15) is 42.3 Å². The van der Waals surface area contributed by atoms with E-state index in [-0.39, 0.29) is 57.1 Å². The maximum Gasteiger partial charge on any atom is 0.328 e. The summed E-state index contributed by atoms with van der Waals surface area (Å²) < 4.78 is 0. The third-order valence-electron chi connectivity index (χ3n) is 8.25. The van der Waals surface area contributed by atoms with Gasteiger partial charge in [-0.15, -0.1) is 0 Å². The van der Waals surface area contributed by atoms with Gasteiger partial charge in [-0.1, -0.05) is 13.8 Å². The number of amides is 7. The monoisotopic (exact) mass is 818 g/mol. The molecule has 326 valence electrons. The van der Waals surface area contributed by atoms with E-state index in [0.717, 1.165) is 0 Å². The zero-order chi connectivity index (χ0) is 43.8. The molecule has 0 fully saturated rings. The van der Waals surface area contributed by atoms with Crippen LogP contribution in [0.3, 0.4) is 0 Å². The van der Waals surface area contributed by atoms with E-state index in [1.54, 1.807) is 13.8 Å². The number of carbonyl (C=O) groups excluding carboxylic acids is 7. The highest BCUT2D eigenvalue weighted by molar-refractivity contribution is 5.97. The van der Waals surface area contributed by atoms with E-state index in [9.17, 15) is 58.8 Å². The number of carboxylic acid groups (broad SMARTS) is 1. The Bertz CT molecular complexity index is 1380. The SMILES string of the molecule is CC(C)C[C@H](NC(=O)[C@H](CCCCN)NC(=O)[C@H](CO)NC(=O)[C@@H](N)[C@@H](C)O)C(=O)N[C@@H](CCC(N)=O)C(=O)N[C@@H](CCCN=C(N)N)C(=O)N[C@@H](CO)C(=O)O. The van der Waals surface area contributed by atoms with Crippen LogP contribution in [0.4, 0.5) is 0 Å². The molecule has 0 aromatic heterocycles. The lowest BCUT2D eigenvalue weighted by molar-refractivity contribution is -0.143. The molecule has 0 aliphatic rings. The molecule has 0 aromatic carbocycles. The molecule has 0 aliphatic carbocycles. The molecule has 24 heteroatoms. The minimum absolute atomic E-state index is 0.00527. The Labute approximate surface area is 330 Å². The van der Waals surface area contributed by atoms with Crippen molar-refractivity contribution in [3.63, 3.8) is 0 Å². The smallest absolute Gasteiger partial charge is 0.328 e. The summed E-state index contributed by atoms with van der Waals surface area (Å²) in [4.78, 5) is 107. The highest BCUT2D eigenvalue weighted by Gasteiger charge is 2.34. The number of rotatable bonds is 29. The van der Waals surface area contributed by atoms with Gasteiger partial charge >= 0.3 is 5.97 Å². The molecule has 0 aromatic rings. The van der Waals surface area contributed by atoms with Crippen molar-refractivity contribution in [2.45, 2.75) is 121 Å². The maximum atomic E-state index is 13.8. The second-order valence-corrected chi connectivity index (χ2v) is 13.7. The van der Waals surface area contributed by atoms with Crippen molar-refractivity contribution in [1.82, 2.24) is 31.9 Å². The van der Waals surface area contributed by atoms with Gasteiger partial charge in [-0.3, -0.25) is 38.6 Å². The average molecular weight is 819 g/mol. The Morgan fingerprint density at radius 3 is 1.44 bits per heavy atom. The van der Waals surface area contributed by atoms with Gasteiger partial charge < -0.3 is 81.0 Å². The van der Waals surface area contributed by atoms with Crippen LogP contribution >= 0.6 is 0 Å². The van der Waals surface area contributed by atoms with Gasteiger partial charge in [0.2, 0.25) is 41.4 Å². The number of nitrogens with one attached hydrogen (secondary N) is 6. The van der Waals surface area contributed by atoms with Crippen molar-refractivity contribution < 1.29 is 58.8 Å². The molecule has 24 nitrogen and oxygen atoms in total. The average Bonchev–Trinajstić information content (AvgIpc) is 3.13. The van der Waals surface area contributed by atoms with Gasteiger partial charge in [0.25, 0.3) is 0 Å². The van der Waals surface area contributed by atoms with Crippen molar-refractivity contribution in [2.75, 3.05) is 26.3 Å². The predicted octanol–water partition coefficient (Wildman–Crippen LogP) is -6.83. The molecule has 0 bridgehead atoms. The number of aliphatic hydroxyl groups excluding tert-OH is 3. The summed E-state index contributed by atoms with van der Waals surface area (Å²) in [6.07, 6.45) is -1.29. The van der Waals surface area contributed by atoms with Crippen LogP contribution in [0.15, 0.2) is 4.99 Å². The molecule has 57 heavy (non-hydrogen) atoms. The van der Waals surface area contributed by atoms with E-state index in [0.29, 0.717) is 12.8 Å².